The highest BCUT2D eigenvalue weighted by Crippen LogP contribution is 2.36. The third-order valence-corrected chi connectivity index (χ3v) is 4.72. The molecule has 1 aliphatic heterocycles. The number of benzene rings is 1. The van der Waals surface area contributed by atoms with E-state index < -0.39 is 0 Å². The van der Waals surface area contributed by atoms with Gasteiger partial charge in [-0.2, -0.15) is 0 Å². The van der Waals surface area contributed by atoms with E-state index in [-0.39, 0.29) is 11.8 Å². The summed E-state index contributed by atoms with van der Waals surface area (Å²) in [5.41, 5.74) is 2.53. The van der Waals surface area contributed by atoms with Crippen LogP contribution in [-0.2, 0) is 4.79 Å². The van der Waals surface area contributed by atoms with Gasteiger partial charge in [0.15, 0.2) is 22.4 Å². The van der Waals surface area contributed by atoms with Crippen molar-refractivity contribution in [3.8, 4) is 11.5 Å². The molecule has 1 heterocycles. The van der Waals surface area contributed by atoms with Gasteiger partial charge < -0.3 is 19.7 Å². The summed E-state index contributed by atoms with van der Waals surface area (Å²) < 4.78 is 11.3. The van der Waals surface area contributed by atoms with Crippen molar-refractivity contribution in [2.24, 2.45) is 5.92 Å². The van der Waals surface area contributed by atoms with Crippen LogP contribution in [0.2, 0.25) is 0 Å². The average Bonchev–Trinajstić information content (AvgIpc) is 2.59. The number of allylic oxidation sites excluding steroid dienone is 1. The van der Waals surface area contributed by atoms with Gasteiger partial charge in [0.25, 0.3) is 0 Å². The van der Waals surface area contributed by atoms with E-state index in [1.165, 1.54) is 0 Å². The monoisotopic (exact) mass is 376 g/mol. The maximum atomic E-state index is 12.3. The van der Waals surface area contributed by atoms with Crippen LogP contribution >= 0.6 is 12.2 Å². The Labute approximate surface area is 161 Å². The Morgan fingerprint density at radius 1 is 1.35 bits per heavy atom. The molecule has 142 valence electrons. The smallest absolute Gasteiger partial charge is 0.173 e. The van der Waals surface area contributed by atoms with Gasteiger partial charge in [0.05, 0.1) is 19.8 Å². The highest BCUT2D eigenvalue weighted by molar-refractivity contribution is 7.80. The highest BCUT2D eigenvalue weighted by atomic mass is 32.1. The summed E-state index contributed by atoms with van der Waals surface area (Å²) in [5, 5.41) is 3.92. The van der Waals surface area contributed by atoms with E-state index in [4.69, 9.17) is 21.7 Å². The number of nitrogens with zero attached hydrogens (tertiary/aromatic N) is 1. The molecule has 1 aromatic rings. The van der Waals surface area contributed by atoms with Gasteiger partial charge in [-0.05, 0) is 56.6 Å². The third kappa shape index (κ3) is 4.18. The molecule has 0 saturated carbocycles. The van der Waals surface area contributed by atoms with Gasteiger partial charge in [-0.25, -0.2) is 0 Å². The minimum Gasteiger partial charge on any atom is -0.493 e. The zero-order chi connectivity index (χ0) is 19.4. The van der Waals surface area contributed by atoms with Crippen LogP contribution in [-0.4, -0.2) is 36.1 Å². The van der Waals surface area contributed by atoms with E-state index in [9.17, 15) is 4.79 Å². The van der Waals surface area contributed by atoms with Gasteiger partial charge in [0, 0.05) is 17.8 Å². The van der Waals surface area contributed by atoms with Crippen LogP contribution in [0.25, 0.3) is 0 Å². The molecule has 0 aliphatic carbocycles. The van der Waals surface area contributed by atoms with E-state index in [0.29, 0.717) is 35.7 Å². The molecule has 26 heavy (non-hydrogen) atoms. The lowest BCUT2D eigenvalue weighted by Gasteiger charge is -2.37. The van der Waals surface area contributed by atoms with Crippen molar-refractivity contribution in [1.29, 1.82) is 0 Å². The maximum absolute atomic E-state index is 12.3. The quantitative estimate of drug-likeness (QED) is 0.730. The third-order valence-electron chi connectivity index (χ3n) is 4.39. The number of thiocarbonyl (C=S) groups is 1. The van der Waals surface area contributed by atoms with Crippen molar-refractivity contribution < 1.29 is 14.3 Å². The number of rotatable bonds is 7. The molecule has 2 rings (SSSR count). The van der Waals surface area contributed by atoms with Gasteiger partial charge in [-0.15, -0.1) is 0 Å². The van der Waals surface area contributed by atoms with Crippen LogP contribution in [0.15, 0.2) is 29.5 Å². The number of carbonyl (C=O) groups is 1. The topological polar surface area (TPSA) is 50.8 Å². The molecule has 1 aliphatic rings. The van der Waals surface area contributed by atoms with Crippen molar-refractivity contribution in [3.05, 3.63) is 35.0 Å². The second-order valence-corrected chi connectivity index (χ2v) is 7.18. The minimum atomic E-state index is -0.296. The fourth-order valence-corrected chi connectivity index (χ4v) is 3.49. The maximum Gasteiger partial charge on any atom is 0.173 e. The van der Waals surface area contributed by atoms with E-state index in [1.54, 1.807) is 14.0 Å². The van der Waals surface area contributed by atoms with Crippen molar-refractivity contribution in [3.63, 3.8) is 0 Å². The molecule has 5 nitrogen and oxygen atoms in total. The molecule has 0 amide bonds. The standard InChI is InChI=1S/C20H28N2O3S/c1-7-22-13(4)18(14(5)23)19(21-20(22)26)15-8-9-16(17(10-15)24-6)25-11-12(2)3/h8-10,12,19H,7,11H2,1-6H3,(H,21,26). The van der Waals surface area contributed by atoms with Gasteiger partial charge in [0.2, 0.25) is 0 Å². The molecule has 1 atom stereocenters. The van der Waals surface area contributed by atoms with Gasteiger partial charge in [-0.1, -0.05) is 19.9 Å². The number of ketones is 1. The predicted molar refractivity (Wildman–Crippen MR) is 108 cm³/mol. The first-order valence-corrected chi connectivity index (χ1v) is 9.31. The SMILES string of the molecule is CCN1C(=S)NC(c2ccc(OCC(C)C)c(OC)c2)C(C(C)=O)=C1C. The zero-order valence-electron chi connectivity index (χ0n) is 16.4. The largest absolute Gasteiger partial charge is 0.493 e. The number of Topliss-reactive ketones (excluding diaryl/α,β-unsaturated/α-hetero) is 1. The Morgan fingerprint density at radius 3 is 2.58 bits per heavy atom. The highest BCUT2D eigenvalue weighted by Gasteiger charge is 2.32. The van der Waals surface area contributed by atoms with Gasteiger partial charge in [0.1, 0.15) is 0 Å². The molecule has 0 radical (unpaired) electrons. The van der Waals surface area contributed by atoms with Crippen molar-refractivity contribution in [2.45, 2.75) is 40.7 Å². The van der Waals surface area contributed by atoms with Gasteiger partial charge in [-0.3, -0.25) is 4.79 Å². The fraction of sp³-hybridized carbons (Fsp3) is 0.500. The summed E-state index contributed by atoms with van der Waals surface area (Å²) >= 11 is 5.49. The zero-order valence-corrected chi connectivity index (χ0v) is 17.2. The first-order valence-electron chi connectivity index (χ1n) is 8.90. The van der Waals surface area contributed by atoms with Crippen LogP contribution in [0.4, 0.5) is 0 Å². The fourth-order valence-electron chi connectivity index (χ4n) is 3.11. The molecular formula is C20H28N2O3S. The molecule has 1 aromatic carbocycles. The van der Waals surface area contributed by atoms with Crippen molar-refractivity contribution >= 4 is 23.1 Å². The lowest BCUT2D eigenvalue weighted by Crippen LogP contribution is -2.47. The Bertz CT molecular complexity index is 728. The summed E-state index contributed by atoms with van der Waals surface area (Å²) in [6.45, 7) is 11.1. The lowest BCUT2D eigenvalue weighted by molar-refractivity contribution is -0.114. The summed E-state index contributed by atoms with van der Waals surface area (Å²) in [4.78, 5) is 14.3. The number of ether oxygens (including phenoxy) is 2. The second kappa shape index (κ2) is 8.54. The number of hydrogen-bond acceptors (Lipinski definition) is 4. The number of methoxy groups -OCH3 is 1. The Balaban J connectivity index is 2.44. The minimum absolute atomic E-state index is 0.0278. The molecule has 0 spiro atoms. The van der Waals surface area contributed by atoms with Crippen LogP contribution in [0.3, 0.4) is 0 Å². The molecule has 0 fully saturated rings. The first-order chi connectivity index (χ1) is 12.3. The van der Waals surface area contributed by atoms with E-state index in [1.807, 2.05) is 36.9 Å². The normalized spacial score (nSPS) is 17.4. The molecule has 1 N–H and O–H groups in total. The Hall–Kier alpha value is -2.08. The summed E-state index contributed by atoms with van der Waals surface area (Å²) in [5.74, 6) is 1.80. The molecule has 0 aromatic heterocycles. The number of nitrogens with one attached hydrogen (secondary N) is 1. The second-order valence-electron chi connectivity index (χ2n) is 6.80. The van der Waals surface area contributed by atoms with E-state index in [2.05, 4.69) is 19.2 Å². The molecule has 6 heteroatoms. The van der Waals surface area contributed by atoms with Crippen LogP contribution in [0.1, 0.15) is 46.2 Å². The van der Waals surface area contributed by atoms with Crippen molar-refractivity contribution in [2.75, 3.05) is 20.3 Å². The van der Waals surface area contributed by atoms with E-state index >= 15 is 0 Å². The number of hydrogen-bond donors (Lipinski definition) is 1. The molecular weight excluding hydrogens is 348 g/mol. The van der Waals surface area contributed by atoms with Crippen molar-refractivity contribution in [1.82, 2.24) is 10.2 Å². The molecule has 1 unspecified atom stereocenters. The number of carbonyl (C=O) groups excluding carboxylic acids is 1. The van der Waals surface area contributed by atoms with E-state index in [0.717, 1.165) is 16.8 Å². The summed E-state index contributed by atoms with van der Waals surface area (Å²) in [6.07, 6.45) is 0. The molecule has 0 saturated heterocycles. The predicted octanol–water partition coefficient (Wildman–Crippen LogP) is 3.84. The van der Waals surface area contributed by atoms with Gasteiger partial charge >= 0.3 is 0 Å². The summed E-state index contributed by atoms with van der Waals surface area (Å²) in [6, 6.07) is 5.46. The Kier molecular flexibility index (Phi) is 6.64. The van der Waals surface area contributed by atoms with Crippen LogP contribution < -0.4 is 14.8 Å². The summed E-state index contributed by atoms with van der Waals surface area (Å²) in [7, 11) is 1.62. The van der Waals surface area contributed by atoms with Crippen LogP contribution in [0, 0.1) is 5.92 Å². The molecule has 0 bridgehead atoms. The first kappa shape index (κ1) is 20.2. The Morgan fingerprint density at radius 2 is 2.04 bits per heavy atom. The average molecular weight is 377 g/mol. The lowest BCUT2D eigenvalue weighted by atomic mass is 9.92. The van der Waals surface area contributed by atoms with Crippen LogP contribution in [0.5, 0.6) is 11.5 Å².